The molecule has 2 heterocycles. The highest BCUT2D eigenvalue weighted by molar-refractivity contribution is 5.74. The number of alkyl halides is 6. The first-order valence-electron chi connectivity index (χ1n) is 9.25. The van der Waals surface area contributed by atoms with Gasteiger partial charge in [-0.25, -0.2) is 9.97 Å². The Kier molecular flexibility index (Phi) is 7.35. The van der Waals surface area contributed by atoms with Crippen molar-refractivity contribution in [2.24, 2.45) is 0 Å². The van der Waals surface area contributed by atoms with Gasteiger partial charge in [-0.2, -0.15) is 13.2 Å². The molecule has 2 aromatic heterocycles. The fourth-order valence-corrected chi connectivity index (χ4v) is 2.76. The average molecular weight is 445 g/mol. The van der Waals surface area contributed by atoms with Crippen molar-refractivity contribution >= 4 is 11.2 Å². The summed E-state index contributed by atoms with van der Waals surface area (Å²) in [6.07, 6.45) is -7.04. The topological polar surface area (TPSA) is 39.9 Å². The summed E-state index contributed by atoms with van der Waals surface area (Å²) in [4.78, 5) is 7.71. The van der Waals surface area contributed by atoms with Gasteiger partial charge in [0.25, 0.3) is 0 Å². The van der Waals surface area contributed by atoms with Crippen LogP contribution in [0.15, 0.2) is 48.6 Å². The van der Waals surface area contributed by atoms with Gasteiger partial charge in [0.1, 0.15) is 22.8 Å². The lowest BCUT2D eigenvalue weighted by Crippen LogP contribution is -2.17. The Balaban J connectivity index is 0.000000501. The second-order valence-electron chi connectivity index (χ2n) is 6.78. The Bertz CT molecular complexity index is 1040. The van der Waals surface area contributed by atoms with Crippen LogP contribution in [0, 0.1) is 6.92 Å². The highest BCUT2D eigenvalue weighted by Gasteiger charge is 2.33. The van der Waals surface area contributed by atoms with Crippen LogP contribution in [0.4, 0.5) is 26.3 Å². The monoisotopic (exact) mass is 445 g/mol. The summed E-state index contributed by atoms with van der Waals surface area (Å²) in [7, 11) is 0. The minimum absolute atomic E-state index is 0.0446. The van der Waals surface area contributed by atoms with Crippen molar-refractivity contribution < 1.29 is 31.1 Å². The predicted octanol–water partition coefficient (Wildman–Crippen LogP) is 7.01. The van der Waals surface area contributed by atoms with Crippen molar-refractivity contribution in [3.8, 4) is 11.4 Å². The van der Waals surface area contributed by atoms with E-state index in [2.05, 4.69) is 35.1 Å². The fraction of sp³-hybridized carbons (Fsp3) is 0.333. The normalized spacial score (nSPS) is 11.8. The van der Waals surface area contributed by atoms with Gasteiger partial charge in [0.2, 0.25) is 0 Å². The van der Waals surface area contributed by atoms with Crippen LogP contribution in [-0.4, -0.2) is 20.9 Å². The first kappa shape index (κ1) is 24.2. The van der Waals surface area contributed by atoms with Crippen LogP contribution in [0.2, 0.25) is 0 Å². The highest BCUT2D eigenvalue weighted by atomic mass is 19.4. The molecule has 0 aliphatic heterocycles. The van der Waals surface area contributed by atoms with Gasteiger partial charge < -0.3 is 4.74 Å². The number of imidazole rings is 1. The number of ether oxygens (including phenoxy) is 1. The first-order valence-corrected chi connectivity index (χ1v) is 9.25. The molecular formula is C21H21F6N3O. The van der Waals surface area contributed by atoms with E-state index in [9.17, 15) is 26.3 Å². The quantitative estimate of drug-likeness (QED) is 0.320. The Hall–Kier alpha value is -3.04. The zero-order valence-corrected chi connectivity index (χ0v) is 17.1. The van der Waals surface area contributed by atoms with E-state index in [-0.39, 0.29) is 11.2 Å². The Morgan fingerprint density at radius 3 is 2.06 bits per heavy atom. The SMILES string of the molecule is C=C(C)CCC.Cc1nc2ccc(C(F)(F)F)nc2n1-c1ccc(OC(F)(F)F)cc1. The molecule has 168 valence electrons. The first-order chi connectivity index (χ1) is 14.3. The second-order valence-corrected chi connectivity index (χ2v) is 6.78. The minimum Gasteiger partial charge on any atom is -0.406 e. The molecule has 0 radical (unpaired) electrons. The molecule has 0 amide bonds. The molecule has 0 aliphatic carbocycles. The third kappa shape index (κ3) is 6.73. The van der Waals surface area contributed by atoms with Gasteiger partial charge in [0, 0.05) is 5.69 Å². The molecule has 0 saturated carbocycles. The second kappa shape index (κ2) is 9.40. The molecule has 1 aromatic carbocycles. The lowest BCUT2D eigenvalue weighted by Gasteiger charge is -2.11. The number of pyridine rings is 1. The van der Waals surface area contributed by atoms with Crippen molar-refractivity contribution in [1.82, 2.24) is 14.5 Å². The summed E-state index contributed by atoms with van der Waals surface area (Å²) in [6, 6.07) is 6.67. The van der Waals surface area contributed by atoms with E-state index in [1.165, 1.54) is 41.2 Å². The van der Waals surface area contributed by atoms with Crippen LogP contribution in [0.25, 0.3) is 16.9 Å². The van der Waals surface area contributed by atoms with E-state index < -0.39 is 24.0 Å². The van der Waals surface area contributed by atoms with Crippen LogP contribution in [0.1, 0.15) is 38.2 Å². The van der Waals surface area contributed by atoms with Gasteiger partial charge in [0.15, 0.2) is 5.65 Å². The zero-order valence-electron chi connectivity index (χ0n) is 17.1. The largest absolute Gasteiger partial charge is 0.573 e. The fourth-order valence-electron chi connectivity index (χ4n) is 2.76. The third-order valence-corrected chi connectivity index (χ3v) is 3.97. The Labute approximate surface area is 175 Å². The van der Waals surface area contributed by atoms with Crippen molar-refractivity contribution in [2.45, 2.75) is 46.2 Å². The van der Waals surface area contributed by atoms with Gasteiger partial charge in [-0.05, 0) is 56.7 Å². The molecule has 0 N–H and O–H groups in total. The van der Waals surface area contributed by atoms with Crippen molar-refractivity contribution in [1.29, 1.82) is 0 Å². The molecule has 0 spiro atoms. The van der Waals surface area contributed by atoms with Crippen molar-refractivity contribution in [3.05, 3.63) is 60.1 Å². The number of hydrogen-bond donors (Lipinski definition) is 0. The number of benzene rings is 1. The van der Waals surface area contributed by atoms with E-state index in [0.29, 0.717) is 11.5 Å². The summed E-state index contributed by atoms with van der Waals surface area (Å²) in [5.41, 5.74) is 0.704. The van der Waals surface area contributed by atoms with Crippen LogP contribution < -0.4 is 4.74 Å². The number of aromatic nitrogens is 3. The van der Waals surface area contributed by atoms with Crippen molar-refractivity contribution in [2.75, 3.05) is 0 Å². The van der Waals surface area contributed by atoms with E-state index in [4.69, 9.17) is 0 Å². The minimum atomic E-state index is -4.83. The number of rotatable bonds is 4. The summed E-state index contributed by atoms with van der Waals surface area (Å²) in [5, 5.41) is 0. The third-order valence-electron chi connectivity index (χ3n) is 3.97. The Morgan fingerprint density at radius 1 is 1.00 bits per heavy atom. The molecule has 0 saturated heterocycles. The van der Waals surface area contributed by atoms with E-state index in [1.807, 2.05) is 0 Å². The van der Waals surface area contributed by atoms with Gasteiger partial charge in [-0.1, -0.05) is 18.9 Å². The molecule has 3 aromatic rings. The van der Waals surface area contributed by atoms with E-state index >= 15 is 0 Å². The number of halogens is 6. The maximum atomic E-state index is 12.9. The smallest absolute Gasteiger partial charge is 0.406 e. The predicted molar refractivity (Wildman–Crippen MR) is 105 cm³/mol. The van der Waals surface area contributed by atoms with Crippen LogP contribution >= 0.6 is 0 Å². The molecule has 4 nitrogen and oxygen atoms in total. The van der Waals surface area contributed by atoms with Crippen LogP contribution in [0.5, 0.6) is 5.75 Å². The number of hydrogen-bond acceptors (Lipinski definition) is 3. The van der Waals surface area contributed by atoms with Crippen molar-refractivity contribution in [3.63, 3.8) is 0 Å². The standard InChI is InChI=1S/C15H9F6N3O.C6H12/c1-8-22-11-6-7-12(14(16,17)18)23-13(11)24(8)9-2-4-10(5-3-9)25-15(19,20)21;1-4-5-6(2)3/h2-7H,1H3;2,4-5H2,1,3H3. The van der Waals surface area contributed by atoms with Gasteiger partial charge in [0.05, 0.1) is 0 Å². The van der Waals surface area contributed by atoms with Gasteiger partial charge in [-0.3, -0.25) is 4.57 Å². The Morgan fingerprint density at radius 2 is 1.61 bits per heavy atom. The summed E-state index contributed by atoms with van der Waals surface area (Å²) >= 11 is 0. The van der Waals surface area contributed by atoms with E-state index in [0.717, 1.165) is 18.2 Å². The molecule has 31 heavy (non-hydrogen) atoms. The lowest BCUT2D eigenvalue weighted by molar-refractivity contribution is -0.274. The van der Waals surface area contributed by atoms with Gasteiger partial charge in [-0.15, -0.1) is 19.8 Å². The number of allylic oxidation sites excluding steroid dienone is 1. The zero-order chi connectivity index (χ0) is 23.4. The lowest BCUT2D eigenvalue weighted by atomic mass is 10.2. The molecule has 10 heteroatoms. The molecule has 0 atom stereocenters. The van der Waals surface area contributed by atoms with E-state index in [1.54, 1.807) is 6.92 Å². The number of fused-ring (bicyclic) bond motifs is 1. The summed E-state index contributed by atoms with van der Waals surface area (Å²) in [5.74, 6) is -0.103. The van der Waals surface area contributed by atoms with Crippen LogP contribution in [0.3, 0.4) is 0 Å². The van der Waals surface area contributed by atoms with Gasteiger partial charge >= 0.3 is 12.5 Å². The average Bonchev–Trinajstić information content (AvgIpc) is 2.96. The maximum Gasteiger partial charge on any atom is 0.573 e. The number of aryl methyl sites for hydroxylation is 1. The molecule has 0 bridgehead atoms. The maximum absolute atomic E-state index is 12.9. The summed E-state index contributed by atoms with van der Waals surface area (Å²) in [6.45, 7) is 9.52. The molecule has 3 rings (SSSR count). The summed E-state index contributed by atoms with van der Waals surface area (Å²) < 4.78 is 80.2. The van der Waals surface area contributed by atoms with Crippen LogP contribution in [-0.2, 0) is 6.18 Å². The molecule has 0 aliphatic rings. The number of nitrogens with zero attached hydrogens (tertiary/aromatic N) is 3. The molecule has 0 fully saturated rings. The highest BCUT2D eigenvalue weighted by Crippen LogP contribution is 2.30. The molecular weight excluding hydrogens is 424 g/mol. The molecule has 0 unspecified atom stereocenters.